The van der Waals surface area contributed by atoms with Crippen LogP contribution in [0.15, 0.2) is 24.3 Å². The molecule has 2 N–H and O–H groups in total. The molecule has 1 aromatic carbocycles. The average molecular weight is 266 g/mol. The van der Waals surface area contributed by atoms with Gasteiger partial charge >= 0.3 is 0 Å². The number of hydrogen-bond acceptors (Lipinski definition) is 4. The molecule has 108 valence electrons. The molecule has 0 aliphatic heterocycles. The van der Waals surface area contributed by atoms with E-state index >= 15 is 0 Å². The van der Waals surface area contributed by atoms with Crippen molar-refractivity contribution in [3.05, 3.63) is 29.8 Å². The van der Waals surface area contributed by atoms with Crippen molar-refractivity contribution in [1.82, 2.24) is 4.90 Å². The Kier molecular flexibility index (Phi) is 8.21. The van der Waals surface area contributed by atoms with Crippen molar-refractivity contribution >= 4 is 0 Å². The molecule has 0 unspecified atom stereocenters. The van der Waals surface area contributed by atoms with Crippen molar-refractivity contribution < 1.29 is 9.47 Å². The molecule has 0 saturated heterocycles. The molecule has 0 heterocycles. The van der Waals surface area contributed by atoms with E-state index in [9.17, 15) is 0 Å². The number of benzene rings is 1. The molecule has 0 atom stereocenters. The van der Waals surface area contributed by atoms with E-state index in [1.165, 1.54) is 0 Å². The maximum Gasteiger partial charge on any atom is 0.123 e. The molecule has 0 amide bonds. The van der Waals surface area contributed by atoms with Crippen LogP contribution >= 0.6 is 0 Å². The number of likely N-dealkylation sites (N-methyl/N-ethyl adjacent to an activating group) is 1. The fourth-order valence-electron chi connectivity index (χ4n) is 1.86. The summed E-state index contributed by atoms with van der Waals surface area (Å²) < 4.78 is 11.2. The molecule has 4 nitrogen and oxygen atoms in total. The van der Waals surface area contributed by atoms with Crippen LogP contribution in [0.5, 0.6) is 5.75 Å². The lowest BCUT2D eigenvalue weighted by atomic mass is 10.2. The van der Waals surface area contributed by atoms with E-state index in [0.29, 0.717) is 13.2 Å². The van der Waals surface area contributed by atoms with Crippen molar-refractivity contribution in [1.29, 1.82) is 0 Å². The highest BCUT2D eigenvalue weighted by Crippen LogP contribution is 2.16. The first-order chi connectivity index (χ1) is 9.31. The lowest BCUT2D eigenvalue weighted by molar-refractivity contribution is 0.108. The predicted octanol–water partition coefficient (Wildman–Crippen LogP) is 1.88. The van der Waals surface area contributed by atoms with Gasteiger partial charge in [0.2, 0.25) is 0 Å². The molecule has 0 saturated carbocycles. The Morgan fingerprint density at radius 1 is 1.11 bits per heavy atom. The van der Waals surface area contributed by atoms with Crippen molar-refractivity contribution in [3.8, 4) is 5.75 Å². The van der Waals surface area contributed by atoms with Gasteiger partial charge in [-0.05, 0) is 19.5 Å². The van der Waals surface area contributed by atoms with Crippen LogP contribution < -0.4 is 10.5 Å². The molecule has 0 aliphatic carbocycles. The normalized spacial score (nSPS) is 10.9. The van der Waals surface area contributed by atoms with Gasteiger partial charge < -0.3 is 15.2 Å². The first-order valence-electron chi connectivity index (χ1n) is 7.02. The van der Waals surface area contributed by atoms with E-state index in [0.717, 1.165) is 44.2 Å². The maximum atomic E-state index is 5.80. The second-order valence-electron chi connectivity index (χ2n) is 4.29. The Hall–Kier alpha value is -1.10. The number of ether oxygens (including phenoxy) is 2. The second kappa shape index (κ2) is 9.78. The van der Waals surface area contributed by atoms with Gasteiger partial charge in [-0.25, -0.2) is 0 Å². The predicted molar refractivity (Wildman–Crippen MR) is 78.4 cm³/mol. The Labute approximate surface area is 116 Å². The SMILES string of the molecule is CCOCCN(CC)CCOc1ccccc1CN. The summed E-state index contributed by atoms with van der Waals surface area (Å²) >= 11 is 0. The van der Waals surface area contributed by atoms with Crippen LogP contribution in [0.2, 0.25) is 0 Å². The minimum atomic E-state index is 0.512. The molecule has 0 aliphatic rings. The largest absolute Gasteiger partial charge is 0.492 e. The number of rotatable bonds is 10. The molecule has 1 rings (SSSR count). The summed E-state index contributed by atoms with van der Waals surface area (Å²) in [5.74, 6) is 0.894. The molecule has 0 bridgehead atoms. The molecule has 19 heavy (non-hydrogen) atoms. The van der Waals surface area contributed by atoms with Crippen molar-refractivity contribution in [2.45, 2.75) is 20.4 Å². The van der Waals surface area contributed by atoms with E-state index in [-0.39, 0.29) is 0 Å². The van der Waals surface area contributed by atoms with E-state index in [1.54, 1.807) is 0 Å². The number of hydrogen-bond donors (Lipinski definition) is 1. The minimum absolute atomic E-state index is 0.512. The number of nitrogens with zero attached hydrogens (tertiary/aromatic N) is 1. The van der Waals surface area contributed by atoms with E-state index in [1.807, 2.05) is 31.2 Å². The smallest absolute Gasteiger partial charge is 0.123 e. The molecule has 0 radical (unpaired) electrons. The van der Waals surface area contributed by atoms with Crippen molar-refractivity contribution in [3.63, 3.8) is 0 Å². The molecule has 4 heteroatoms. The third-order valence-corrected chi connectivity index (χ3v) is 3.06. The maximum absolute atomic E-state index is 5.80. The van der Waals surface area contributed by atoms with Gasteiger partial charge in [0.25, 0.3) is 0 Å². The van der Waals surface area contributed by atoms with Gasteiger partial charge in [0.1, 0.15) is 12.4 Å². The topological polar surface area (TPSA) is 47.7 Å². The van der Waals surface area contributed by atoms with Crippen LogP contribution in [0.4, 0.5) is 0 Å². The third-order valence-electron chi connectivity index (χ3n) is 3.06. The fraction of sp³-hybridized carbons (Fsp3) is 0.600. The number of para-hydroxylation sites is 1. The van der Waals surface area contributed by atoms with Crippen LogP contribution in [0, 0.1) is 0 Å². The highest BCUT2D eigenvalue weighted by molar-refractivity contribution is 5.32. The Morgan fingerprint density at radius 3 is 2.53 bits per heavy atom. The summed E-state index contributed by atoms with van der Waals surface area (Å²) in [5, 5.41) is 0. The summed E-state index contributed by atoms with van der Waals surface area (Å²) in [5.41, 5.74) is 6.74. The zero-order chi connectivity index (χ0) is 13.9. The monoisotopic (exact) mass is 266 g/mol. The average Bonchev–Trinajstić information content (AvgIpc) is 2.46. The van der Waals surface area contributed by atoms with Gasteiger partial charge in [-0.3, -0.25) is 4.90 Å². The van der Waals surface area contributed by atoms with Gasteiger partial charge in [0.15, 0.2) is 0 Å². The summed E-state index contributed by atoms with van der Waals surface area (Å²) in [6.07, 6.45) is 0. The van der Waals surface area contributed by atoms with Crippen LogP contribution in [-0.2, 0) is 11.3 Å². The summed E-state index contributed by atoms with van der Waals surface area (Å²) in [6.45, 7) is 9.78. The lowest BCUT2D eigenvalue weighted by Gasteiger charge is -2.20. The van der Waals surface area contributed by atoms with E-state index in [4.69, 9.17) is 15.2 Å². The van der Waals surface area contributed by atoms with Gasteiger partial charge in [0, 0.05) is 31.8 Å². The standard InChI is InChI=1S/C15H26N2O2/c1-3-17(9-11-18-4-2)10-12-19-15-8-6-5-7-14(15)13-16/h5-8H,3-4,9-13,16H2,1-2H3. The number of nitrogens with two attached hydrogens (primary N) is 1. The zero-order valence-corrected chi connectivity index (χ0v) is 12.1. The molecular formula is C15H26N2O2. The van der Waals surface area contributed by atoms with Gasteiger partial charge in [-0.15, -0.1) is 0 Å². The second-order valence-corrected chi connectivity index (χ2v) is 4.29. The van der Waals surface area contributed by atoms with Crippen LogP contribution in [-0.4, -0.2) is 44.4 Å². The third kappa shape index (κ3) is 6.05. The lowest BCUT2D eigenvalue weighted by Crippen LogP contribution is -2.31. The fourth-order valence-corrected chi connectivity index (χ4v) is 1.86. The van der Waals surface area contributed by atoms with Crippen molar-refractivity contribution in [2.24, 2.45) is 5.73 Å². The zero-order valence-electron chi connectivity index (χ0n) is 12.1. The molecule has 0 aromatic heterocycles. The molecule has 0 spiro atoms. The van der Waals surface area contributed by atoms with Crippen LogP contribution in [0.1, 0.15) is 19.4 Å². The highest BCUT2D eigenvalue weighted by Gasteiger charge is 2.04. The minimum Gasteiger partial charge on any atom is -0.492 e. The quantitative estimate of drug-likeness (QED) is 0.657. The summed E-state index contributed by atoms with van der Waals surface area (Å²) in [6, 6.07) is 7.93. The first-order valence-corrected chi connectivity index (χ1v) is 7.02. The van der Waals surface area contributed by atoms with E-state index < -0.39 is 0 Å². The van der Waals surface area contributed by atoms with Gasteiger partial charge in [-0.2, -0.15) is 0 Å². The Morgan fingerprint density at radius 2 is 1.84 bits per heavy atom. The van der Waals surface area contributed by atoms with Gasteiger partial charge in [-0.1, -0.05) is 25.1 Å². The Balaban J connectivity index is 2.31. The molecule has 1 aromatic rings. The molecule has 0 fully saturated rings. The highest BCUT2D eigenvalue weighted by atomic mass is 16.5. The Bertz CT molecular complexity index is 345. The van der Waals surface area contributed by atoms with Crippen LogP contribution in [0.3, 0.4) is 0 Å². The van der Waals surface area contributed by atoms with Crippen LogP contribution in [0.25, 0.3) is 0 Å². The molecular weight excluding hydrogens is 240 g/mol. The summed E-state index contributed by atoms with van der Waals surface area (Å²) in [4.78, 5) is 2.32. The van der Waals surface area contributed by atoms with E-state index in [2.05, 4.69) is 11.8 Å². The summed E-state index contributed by atoms with van der Waals surface area (Å²) in [7, 11) is 0. The van der Waals surface area contributed by atoms with Gasteiger partial charge in [0.05, 0.1) is 6.61 Å². The van der Waals surface area contributed by atoms with Crippen molar-refractivity contribution in [2.75, 3.05) is 39.5 Å². The first kappa shape index (κ1) is 16.0.